The Morgan fingerprint density at radius 3 is 2.26 bits per heavy atom. The second-order valence-electron chi connectivity index (χ2n) is 4.86. The zero-order chi connectivity index (χ0) is 13.4. The molecule has 5 nitrogen and oxygen atoms in total. The normalized spacial score (nSPS) is 17.2. The summed E-state index contributed by atoms with van der Waals surface area (Å²) in [6.07, 6.45) is 5.84. The molecule has 0 aromatic carbocycles. The Bertz CT molecular complexity index is 279. The Morgan fingerprint density at radius 2 is 1.79 bits per heavy atom. The molecule has 2 N–H and O–H groups in total. The number of carbonyl (C=O) groups excluding carboxylic acids is 1. The topological polar surface area (TPSA) is 69.6 Å². The van der Waals surface area contributed by atoms with E-state index in [1.54, 1.807) is 0 Å². The van der Waals surface area contributed by atoms with E-state index >= 15 is 0 Å². The first kappa shape index (κ1) is 18.2. The van der Waals surface area contributed by atoms with Gasteiger partial charge in [-0.1, -0.05) is 26.2 Å². The smallest absolute Gasteiger partial charge is 0.320 e. The monoisotopic (exact) mass is 292 g/mol. The molecule has 6 heteroatoms. The van der Waals surface area contributed by atoms with Crippen molar-refractivity contribution in [1.82, 2.24) is 10.2 Å². The Morgan fingerprint density at radius 1 is 1.21 bits per heavy atom. The lowest BCUT2D eigenvalue weighted by atomic mass is 10.1. The minimum atomic E-state index is -0.875. The maximum Gasteiger partial charge on any atom is 0.320 e. The number of nitrogens with zero attached hydrogens (tertiary/aromatic N) is 1. The molecule has 1 fully saturated rings. The van der Waals surface area contributed by atoms with E-state index in [1.807, 2.05) is 11.8 Å². The van der Waals surface area contributed by atoms with Crippen molar-refractivity contribution in [3.05, 3.63) is 0 Å². The summed E-state index contributed by atoms with van der Waals surface area (Å²) in [6, 6.07) is -0.606. The summed E-state index contributed by atoms with van der Waals surface area (Å²) in [4.78, 5) is 24.8. The van der Waals surface area contributed by atoms with Crippen molar-refractivity contribution in [1.29, 1.82) is 0 Å². The van der Waals surface area contributed by atoms with Gasteiger partial charge in [-0.25, -0.2) is 0 Å². The number of amides is 1. The Hall–Kier alpha value is -0.810. The van der Waals surface area contributed by atoms with Gasteiger partial charge in [0.05, 0.1) is 6.54 Å². The number of likely N-dealkylation sites (tertiary alicyclic amines) is 1. The highest BCUT2D eigenvalue weighted by Gasteiger charge is 2.20. The van der Waals surface area contributed by atoms with E-state index in [4.69, 9.17) is 5.11 Å². The van der Waals surface area contributed by atoms with E-state index in [-0.39, 0.29) is 24.9 Å². The molecule has 1 amide bonds. The largest absolute Gasteiger partial charge is 0.480 e. The second kappa shape index (κ2) is 10.0. The van der Waals surface area contributed by atoms with E-state index in [0.29, 0.717) is 6.42 Å². The lowest BCUT2D eigenvalue weighted by molar-refractivity contribution is -0.140. The number of hydrogen-bond donors (Lipinski definition) is 2. The molecule has 1 unspecified atom stereocenters. The average molecular weight is 293 g/mol. The van der Waals surface area contributed by atoms with E-state index in [2.05, 4.69) is 5.32 Å². The molecular weight excluding hydrogens is 268 g/mol. The molecule has 1 heterocycles. The van der Waals surface area contributed by atoms with Crippen LogP contribution in [0.2, 0.25) is 0 Å². The first-order valence-electron chi connectivity index (χ1n) is 6.89. The van der Waals surface area contributed by atoms with Crippen molar-refractivity contribution in [2.75, 3.05) is 19.6 Å². The lowest BCUT2D eigenvalue weighted by Gasteiger charge is -2.21. The van der Waals surface area contributed by atoms with Gasteiger partial charge in [-0.3, -0.25) is 14.9 Å². The van der Waals surface area contributed by atoms with Crippen LogP contribution in [0.1, 0.15) is 45.4 Å². The van der Waals surface area contributed by atoms with Crippen molar-refractivity contribution in [2.24, 2.45) is 0 Å². The molecule has 1 rings (SSSR count). The highest BCUT2D eigenvalue weighted by atomic mass is 35.5. The molecule has 0 bridgehead atoms. The van der Waals surface area contributed by atoms with Crippen LogP contribution in [-0.2, 0) is 9.59 Å². The Kier molecular flexibility index (Phi) is 9.61. The third-order valence-electron chi connectivity index (χ3n) is 3.33. The molecule has 0 aliphatic carbocycles. The number of hydrogen-bond acceptors (Lipinski definition) is 3. The van der Waals surface area contributed by atoms with Crippen LogP contribution in [0.3, 0.4) is 0 Å². The van der Waals surface area contributed by atoms with E-state index in [1.165, 1.54) is 12.8 Å². The molecule has 1 atom stereocenters. The fraction of sp³-hybridized carbons (Fsp3) is 0.846. The zero-order valence-electron chi connectivity index (χ0n) is 11.6. The number of carboxylic acids is 1. The average Bonchev–Trinajstić information content (AvgIpc) is 2.62. The number of rotatable bonds is 6. The van der Waals surface area contributed by atoms with Gasteiger partial charge < -0.3 is 10.0 Å². The van der Waals surface area contributed by atoms with Gasteiger partial charge in [0, 0.05) is 13.1 Å². The van der Waals surface area contributed by atoms with E-state index in [9.17, 15) is 9.59 Å². The van der Waals surface area contributed by atoms with Crippen molar-refractivity contribution < 1.29 is 14.7 Å². The van der Waals surface area contributed by atoms with Crippen molar-refractivity contribution in [3.63, 3.8) is 0 Å². The Labute approximate surface area is 121 Å². The zero-order valence-corrected chi connectivity index (χ0v) is 12.4. The standard InChI is InChI=1S/C13H24N2O3.ClH/c1-2-7-11(13(17)18)14-10-12(16)15-8-5-3-4-6-9-15;/h11,14H,2-10H2,1H3,(H,17,18);1H. The summed E-state index contributed by atoms with van der Waals surface area (Å²) >= 11 is 0. The van der Waals surface area contributed by atoms with Crippen LogP contribution in [-0.4, -0.2) is 47.6 Å². The maximum absolute atomic E-state index is 12.0. The van der Waals surface area contributed by atoms with Gasteiger partial charge in [0.25, 0.3) is 0 Å². The number of carboxylic acid groups (broad SMARTS) is 1. The van der Waals surface area contributed by atoms with Crippen LogP contribution in [0.4, 0.5) is 0 Å². The SMILES string of the molecule is CCCC(NCC(=O)N1CCCCCC1)C(=O)O.Cl. The summed E-state index contributed by atoms with van der Waals surface area (Å²) in [7, 11) is 0. The molecular formula is C13H25ClN2O3. The molecule has 1 aliphatic heterocycles. The fourth-order valence-corrected chi connectivity index (χ4v) is 2.24. The highest BCUT2D eigenvalue weighted by Crippen LogP contribution is 2.09. The third-order valence-corrected chi connectivity index (χ3v) is 3.33. The molecule has 0 saturated carbocycles. The number of carbonyl (C=O) groups is 2. The lowest BCUT2D eigenvalue weighted by Crippen LogP contribution is -2.44. The summed E-state index contributed by atoms with van der Waals surface area (Å²) in [6.45, 7) is 3.70. The van der Waals surface area contributed by atoms with Gasteiger partial charge >= 0.3 is 5.97 Å². The number of aliphatic carboxylic acids is 1. The predicted molar refractivity (Wildman–Crippen MR) is 76.6 cm³/mol. The van der Waals surface area contributed by atoms with Crippen LogP contribution < -0.4 is 5.32 Å². The molecule has 112 valence electrons. The summed E-state index contributed by atoms with van der Waals surface area (Å²) in [5.41, 5.74) is 0. The summed E-state index contributed by atoms with van der Waals surface area (Å²) in [5, 5.41) is 11.8. The molecule has 0 aromatic rings. The van der Waals surface area contributed by atoms with Crippen LogP contribution >= 0.6 is 12.4 Å². The predicted octanol–water partition coefficient (Wildman–Crippen LogP) is 1.65. The van der Waals surface area contributed by atoms with E-state index in [0.717, 1.165) is 32.4 Å². The molecule has 1 saturated heterocycles. The highest BCUT2D eigenvalue weighted by molar-refractivity contribution is 5.85. The molecule has 0 aromatic heterocycles. The van der Waals surface area contributed by atoms with Crippen LogP contribution in [0.25, 0.3) is 0 Å². The summed E-state index contributed by atoms with van der Waals surface area (Å²) < 4.78 is 0. The van der Waals surface area contributed by atoms with Gasteiger partial charge in [0.2, 0.25) is 5.91 Å². The fourth-order valence-electron chi connectivity index (χ4n) is 2.24. The molecule has 0 radical (unpaired) electrons. The van der Waals surface area contributed by atoms with E-state index < -0.39 is 12.0 Å². The van der Waals surface area contributed by atoms with Gasteiger partial charge in [0.15, 0.2) is 0 Å². The quantitative estimate of drug-likeness (QED) is 0.781. The molecule has 1 aliphatic rings. The number of nitrogens with one attached hydrogen (secondary N) is 1. The van der Waals surface area contributed by atoms with Gasteiger partial charge in [0.1, 0.15) is 6.04 Å². The van der Waals surface area contributed by atoms with Crippen molar-refractivity contribution in [2.45, 2.75) is 51.5 Å². The van der Waals surface area contributed by atoms with Crippen molar-refractivity contribution in [3.8, 4) is 0 Å². The third kappa shape index (κ3) is 6.78. The first-order valence-corrected chi connectivity index (χ1v) is 6.89. The van der Waals surface area contributed by atoms with Crippen LogP contribution in [0.15, 0.2) is 0 Å². The molecule has 0 spiro atoms. The minimum absolute atomic E-state index is 0. The van der Waals surface area contributed by atoms with Gasteiger partial charge in [-0.15, -0.1) is 12.4 Å². The van der Waals surface area contributed by atoms with Gasteiger partial charge in [-0.2, -0.15) is 0 Å². The van der Waals surface area contributed by atoms with Crippen LogP contribution in [0, 0.1) is 0 Å². The van der Waals surface area contributed by atoms with Crippen LogP contribution in [0.5, 0.6) is 0 Å². The summed E-state index contributed by atoms with van der Waals surface area (Å²) in [5.74, 6) is -0.847. The maximum atomic E-state index is 12.0. The number of halogens is 1. The van der Waals surface area contributed by atoms with Crippen molar-refractivity contribution >= 4 is 24.3 Å². The van der Waals surface area contributed by atoms with Gasteiger partial charge in [-0.05, 0) is 19.3 Å². The molecule has 19 heavy (non-hydrogen) atoms. The Balaban J connectivity index is 0.00000324. The minimum Gasteiger partial charge on any atom is -0.480 e. The first-order chi connectivity index (χ1) is 8.65. The second-order valence-corrected chi connectivity index (χ2v) is 4.86.